The molecule has 1 fully saturated rings. The van der Waals surface area contributed by atoms with E-state index in [1.807, 2.05) is 0 Å². The number of anilines is 1. The van der Waals surface area contributed by atoms with Crippen molar-refractivity contribution in [2.45, 2.75) is 5.60 Å². The Hall–Kier alpha value is -1.57. The van der Waals surface area contributed by atoms with Crippen LogP contribution in [0.3, 0.4) is 0 Å². The maximum atomic E-state index is 13.3. The second-order valence-electron chi connectivity index (χ2n) is 4.38. The third-order valence-corrected chi connectivity index (χ3v) is 4.02. The van der Waals surface area contributed by atoms with Crippen LogP contribution >= 0.6 is 11.3 Å². The Morgan fingerprint density at radius 3 is 2.63 bits per heavy atom. The highest BCUT2D eigenvalue weighted by atomic mass is 32.1. The molecule has 19 heavy (non-hydrogen) atoms. The van der Waals surface area contributed by atoms with E-state index in [1.165, 1.54) is 6.07 Å². The van der Waals surface area contributed by atoms with Gasteiger partial charge in [-0.25, -0.2) is 13.8 Å². The molecule has 0 bridgehead atoms. The molecule has 0 aliphatic carbocycles. The number of nitrogen functional groups attached to an aromatic ring is 1. The van der Waals surface area contributed by atoms with Gasteiger partial charge in [0.25, 0.3) is 0 Å². The zero-order valence-electron chi connectivity index (χ0n) is 9.69. The van der Waals surface area contributed by atoms with Crippen molar-refractivity contribution in [2.24, 2.45) is 0 Å². The van der Waals surface area contributed by atoms with Gasteiger partial charge >= 0.3 is 0 Å². The number of benzene rings is 1. The molecule has 0 atom stereocenters. The van der Waals surface area contributed by atoms with Crippen molar-refractivity contribution in [3.8, 4) is 11.3 Å². The molecule has 0 saturated carbocycles. The van der Waals surface area contributed by atoms with E-state index in [4.69, 9.17) is 10.5 Å². The number of aliphatic hydroxyl groups is 1. The van der Waals surface area contributed by atoms with E-state index in [9.17, 15) is 13.9 Å². The van der Waals surface area contributed by atoms with Gasteiger partial charge in [0.05, 0.1) is 23.8 Å². The lowest BCUT2D eigenvalue weighted by molar-refractivity contribution is -0.182. The maximum Gasteiger partial charge on any atom is 0.180 e. The Labute approximate surface area is 111 Å². The Morgan fingerprint density at radius 1 is 1.32 bits per heavy atom. The first-order valence-corrected chi connectivity index (χ1v) is 6.33. The third-order valence-electron chi connectivity index (χ3n) is 2.94. The second-order valence-corrected chi connectivity index (χ2v) is 5.41. The summed E-state index contributed by atoms with van der Waals surface area (Å²) in [6, 6.07) is 3.46. The predicted octanol–water partition coefficient (Wildman–Crippen LogP) is 1.89. The lowest BCUT2D eigenvalue weighted by atomic mass is 9.96. The Morgan fingerprint density at radius 2 is 2.05 bits per heavy atom. The molecule has 0 unspecified atom stereocenters. The summed E-state index contributed by atoms with van der Waals surface area (Å²) in [6.45, 7) is 0.288. The van der Waals surface area contributed by atoms with Gasteiger partial charge in [-0.05, 0) is 18.2 Å². The van der Waals surface area contributed by atoms with E-state index in [0.717, 1.165) is 23.5 Å². The molecule has 1 saturated heterocycles. The Kier molecular flexibility index (Phi) is 2.77. The number of hydrogen-bond donors (Lipinski definition) is 2. The van der Waals surface area contributed by atoms with Crippen molar-refractivity contribution in [2.75, 3.05) is 18.9 Å². The summed E-state index contributed by atoms with van der Waals surface area (Å²) < 4.78 is 31.2. The van der Waals surface area contributed by atoms with Crippen LogP contribution in [0.25, 0.3) is 11.3 Å². The SMILES string of the molecule is Nc1nc(-c2ccc(F)c(F)c2)c(C2(O)COC2)s1. The molecule has 1 aliphatic rings. The summed E-state index contributed by atoms with van der Waals surface area (Å²) in [5, 5.41) is 10.5. The fraction of sp³-hybridized carbons (Fsp3) is 0.250. The molecule has 0 spiro atoms. The highest BCUT2D eigenvalue weighted by molar-refractivity contribution is 7.16. The summed E-state index contributed by atoms with van der Waals surface area (Å²) >= 11 is 1.12. The average Bonchev–Trinajstić information content (AvgIpc) is 2.72. The second kappa shape index (κ2) is 4.22. The molecular weight excluding hydrogens is 274 g/mol. The molecule has 2 aromatic rings. The van der Waals surface area contributed by atoms with Gasteiger partial charge < -0.3 is 15.6 Å². The van der Waals surface area contributed by atoms with Gasteiger partial charge in [0.15, 0.2) is 16.8 Å². The minimum Gasteiger partial charge on any atom is -0.379 e. The maximum absolute atomic E-state index is 13.3. The highest BCUT2D eigenvalue weighted by Gasteiger charge is 2.42. The zero-order chi connectivity index (χ0) is 13.6. The lowest BCUT2D eigenvalue weighted by Crippen LogP contribution is -2.46. The van der Waals surface area contributed by atoms with Crippen molar-refractivity contribution >= 4 is 16.5 Å². The van der Waals surface area contributed by atoms with Crippen molar-refractivity contribution < 1.29 is 18.6 Å². The monoisotopic (exact) mass is 284 g/mol. The van der Waals surface area contributed by atoms with Crippen molar-refractivity contribution in [3.05, 3.63) is 34.7 Å². The molecule has 1 aliphatic heterocycles. The number of aromatic nitrogens is 1. The van der Waals surface area contributed by atoms with Gasteiger partial charge in [-0.15, -0.1) is 0 Å². The number of rotatable bonds is 2. The summed E-state index contributed by atoms with van der Waals surface area (Å²) in [4.78, 5) is 4.61. The number of thiazole rings is 1. The van der Waals surface area contributed by atoms with Gasteiger partial charge in [0, 0.05) is 5.56 Å². The number of nitrogens with two attached hydrogens (primary N) is 1. The summed E-state index contributed by atoms with van der Waals surface area (Å²) in [6.07, 6.45) is 0. The van der Waals surface area contributed by atoms with E-state index in [0.29, 0.717) is 16.1 Å². The first kappa shape index (κ1) is 12.5. The zero-order valence-corrected chi connectivity index (χ0v) is 10.5. The minimum absolute atomic E-state index is 0.144. The normalized spacial score (nSPS) is 17.2. The fourth-order valence-corrected chi connectivity index (χ4v) is 2.83. The van der Waals surface area contributed by atoms with Crippen LogP contribution in [0.15, 0.2) is 18.2 Å². The first-order chi connectivity index (χ1) is 8.99. The van der Waals surface area contributed by atoms with Crippen LogP contribution in [0.4, 0.5) is 13.9 Å². The summed E-state index contributed by atoms with van der Waals surface area (Å²) in [5.41, 5.74) is 5.25. The topological polar surface area (TPSA) is 68.4 Å². The highest BCUT2D eigenvalue weighted by Crippen LogP contribution is 2.41. The van der Waals surface area contributed by atoms with Crippen molar-refractivity contribution in [3.63, 3.8) is 0 Å². The molecule has 4 nitrogen and oxygen atoms in total. The van der Waals surface area contributed by atoms with Crippen LogP contribution in [0.1, 0.15) is 4.88 Å². The molecule has 1 aromatic carbocycles. The van der Waals surface area contributed by atoms with E-state index >= 15 is 0 Å². The predicted molar refractivity (Wildman–Crippen MR) is 66.6 cm³/mol. The lowest BCUT2D eigenvalue weighted by Gasteiger charge is -2.35. The largest absolute Gasteiger partial charge is 0.379 e. The van der Waals surface area contributed by atoms with Gasteiger partial charge in [0.1, 0.15) is 5.60 Å². The Bertz CT molecular complexity index is 641. The standard InChI is InChI=1S/C12H10F2N2O2S/c13-7-2-1-6(3-8(7)14)9-10(19-11(15)16-9)12(17)4-18-5-12/h1-3,17H,4-5H2,(H2,15,16). The van der Waals surface area contributed by atoms with Gasteiger partial charge in [-0.1, -0.05) is 11.3 Å². The molecule has 0 amide bonds. The molecule has 1 aromatic heterocycles. The molecule has 2 heterocycles. The molecule has 3 N–H and O–H groups in total. The number of hydrogen-bond acceptors (Lipinski definition) is 5. The van der Waals surface area contributed by atoms with Crippen LogP contribution in [-0.4, -0.2) is 23.3 Å². The van der Waals surface area contributed by atoms with Crippen LogP contribution < -0.4 is 5.73 Å². The van der Waals surface area contributed by atoms with Gasteiger partial charge in [-0.2, -0.15) is 0 Å². The molecule has 3 rings (SSSR count). The minimum atomic E-state index is -1.14. The summed E-state index contributed by atoms with van der Waals surface area (Å²) in [5.74, 6) is -1.90. The number of nitrogens with zero attached hydrogens (tertiary/aromatic N) is 1. The van der Waals surface area contributed by atoms with Crippen molar-refractivity contribution in [1.82, 2.24) is 4.98 Å². The van der Waals surface area contributed by atoms with Crippen molar-refractivity contribution in [1.29, 1.82) is 0 Å². The number of ether oxygens (including phenoxy) is 1. The molecular formula is C12H10F2N2O2S. The molecule has 7 heteroatoms. The smallest absolute Gasteiger partial charge is 0.180 e. The van der Waals surface area contributed by atoms with E-state index in [-0.39, 0.29) is 18.3 Å². The first-order valence-electron chi connectivity index (χ1n) is 5.52. The Balaban J connectivity index is 2.11. The molecule has 100 valence electrons. The van der Waals surface area contributed by atoms with E-state index in [1.54, 1.807) is 0 Å². The van der Waals surface area contributed by atoms with Gasteiger partial charge in [-0.3, -0.25) is 0 Å². The van der Waals surface area contributed by atoms with Crippen LogP contribution in [0, 0.1) is 11.6 Å². The van der Waals surface area contributed by atoms with E-state index in [2.05, 4.69) is 4.98 Å². The third kappa shape index (κ3) is 1.99. The van der Waals surface area contributed by atoms with Crippen LogP contribution in [0.2, 0.25) is 0 Å². The summed E-state index contributed by atoms with van der Waals surface area (Å²) in [7, 11) is 0. The quantitative estimate of drug-likeness (QED) is 0.883. The van der Waals surface area contributed by atoms with Gasteiger partial charge in [0.2, 0.25) is 0 Å². The van der Waals surface area contributed by atoms with Crippen LogP contribution in [-0.2, 0) is 10.3 Å². The average molecular weight is 284 g/mol. The fourth-order valence-electron chi connectivity index (χ4n) is 1.92. The number of halogens is 2. The van der Waals surface area contributed by atoms with E-state index < -0.39 is 17.2 Å². The van der Waals surface area contributed by atoms with Crippen LogP contribution in [0.5, 0.6) is 0 Å². The molecule has 0 radical (unpaired) electrons.